The molecule has 4 rings (SSSR count). The van der Waals surface area contributed by atoms with Gasteiger partial charge >= 0.3 is 6.09 Å². The zero-order valence-electron chi connectivity index (χ0n) is 21.5. The number of halogens is 2. The van der Waals surface area contributed by atoms with Crippen molar-refractivity contribution in [3.63, 3.8) is 0 Å². The molecule has 2 heterocycles. The summed E-state index contributed by atoms with van der Waals surface area (Å²) in [5.41, 5.74) is 3.38. The summed E-state index contributed by atoms with van der Waals surface area (Å²) < 4.78 is 43.6. The fourth-order valence-corrected chi connectivity index (χ4v) is 4.85. The van der Waals surface area contributed by atoms with Crippen molar-refractivity contribution in [2.45, 2.75) is 58.0 Å². The molecule has 0 spiro atoms. The van der Waals surface area contributed by atoms with E-state index in [4.69, 9.17) is 14.2 Å². The van der Waals surface area contributed by atoms with Crippen molar-refractivity contribution in [2.24, 2.45) is 0 Å². The van der Waals surface area contributed by atoms with Gasteiger partial charge in [-0.15, -0.1) is 0 Å². The third-order valence-electron chi connectivity index (χ3n) is 6.58. The Bertz CT molecular complexity index is 1220. The summed E-state index contributed by atoms with van der Waals surface area (Å²) in [6.45, 7) is 6.78. The van der Waals surface area contributed by atoms with Crippen LogP contribution in [0.4, 0.5) is 13.6 Å². The molecule has 1 aliphatic rings. The molecule has 6 nitrogen and oxygen atoms in total. The Morgan fingerprint density at radius 3 is 2.36 bits per heavy atom. The molecule has 1 fully saturated rings. The molecular formula is C28H34F2N2O4. The van der Waals surface area contributed by atoms with Gasteiger partial charge in [0.1, 0.15) is 5.60 Å². The third-order valence-corrected chi connectivity index (χ3v) is 6.58. The molecule has 0 bridgehead atoms. The van der Waals surface area contributed by atoms with Crippen LogP contribution in [-0.2, 0) is 11.2 Å². The second-order valence-corrected chi connectivity index (χ2v) is 10.2. The average molecular weight is 501 g/mol. The van der Waals surface area contributed by atoms with Crippen LogP contribution in [0.3, 0.4) is 0 Å². The van der Waals surface area contributed by atoms with Gasteiger partial charge in [0.05, 0.1) is 19.9 Å². The Morgan fingerprint density at radius 1 is 1.06 bits per heavy atom. The number of aromatic amines is 1. The van der Waals surface area contributed by atoms with E-state index >= 15 is 0 Å². The quantitative estimate of drug-likeness (QED) is 0.406. The van der Waals surface area contributed by atoms with Crippen LogP contribution in [0.15, 0.2) is 36.4 Å². The Balaban J connectivity index is 1.63. The van der Waals surface area contributed by atoms with E-state index in [9.17, 15) is 13.6 Å². The van der Waals surface area contributed by atoms with Crippen molar-refractivity contribution >= 4 is 17.0 Å². The number of fused-ring (bicyclic) bond motifs is 1. The van der Waals surface area contributed by atoms with E-state index in [2.05, 4.69) is 11.1 Å². The van der Waals surface area contributed by atoms with Gasteiger partial charge < -0.3 is 24.1 Å². The monoisotopic (exact) mass is 500 g/mol. The second kappa shape index (κ2) is 10.4. The highest BCUT2D eigenvalue weighted by Crippen LogP contribution is 2.38. The molecule has 0 aliphatic carbocycles. The maximum atomic E-state index is 13.7. The molecule has 0 saturated carbocycles. The van der Waals surface area contributed by atoms with Gasteiger partial charge in [-0.05, 0) is 81.0 Å². The van der Waals surface area contributed by atoms with Crippen LogP contribution in [0, 0.1) is 0 Å². The van der Waals surface area contributed by atoms with E-state index in [-0.39, 0.29) is 18.4 Å². The van der Waals surface area contributed by atoms with Crippen LogP contribution in [0.5, 0.6) is 11.5 Å². The average Bonchev–Trinajstić information content (AvgIpc) is 3.19. The summed E-state index contributed by atoms with van der Waals surface area (Å²) in [6.07, 6.45) is -1.54. The van der Waals surface area contributed by atoms with Crippen molar-refractivity contribution in [3.8, 4) is 22.8 Å². The van der Waals surface area contributed by atoms with Gasteiger partial charge in [0.15, 0.2) is 11.5 Å². The van der Waals surface area contributed by atoms with Gasteiger partial charge in [0, 0.05) is 36.0 Å². The number of hydrogen-bond acceptors (Lipinski definition) is 4. The molecule has 0 atom stereocenters. The maximum Gasteiger partial charge on any atom is 0.410 e. The first kappa shape index (κ1) is 25.8. The Morgan fingerprint density at radius 2 is 1.75 bits per heavy atom. The summed E-state index contributed by atoms with van der Waals surface area (Å²) >= 11 is 0. The minimum absolute atomic E-state index is 0.243. The van der Waals surface area contributed by atoms with Crippen molar-refractivity contribution in [1.82, 2.24) is 9.88 Å². The van der Waals surface area contributed by atoms with Crippen molar-refractivity contribution < 1.29 is 27.8 Å². The minimum Gasteiger partial charge on any atom is -0.493 e. The number of amides is 1. The smallest absolute Gasteiger partial charge is 0.410 e. The third kappa shape index (κ3) is 5.58. The molecule has 1 saturated heterocycles. The first-order valence-electron chi connectivity index (χ1n) is 12.2. The summed E-state index contributed by atoms with van der Waals surface area (Å²) in [5, 5.41) is 0.798. The number of nitrogens with one attached hydrogen (secondary N) is 1. The number of aromatic nitrogens is 1. The largest absolute Gasteiger partial charge is 0.493 e. The number of alkyl halides is 2. The predicted octanol–water partition coefficient (Wildman–Crippen LogP) is 6.77. The highest BCUT2D eigenvalue weighted by Gasteiger charge is 2.28. The Hall–Kier alpha value is -3.29. The number of rotatable bonds is 6. The van der Waals surface area contributed by atoms with Crippen molar-refractivity contribution in [3.05, 3.63) is 47.5 Å². The standard InChI is InChI=1S/C28H34F2N2O4/c1-28(2,3)36-27(33)32-12-10-17(11-13-32)18-6-8-22-20(14-18)21(16-25(29)30)26(31-22)19-7-9-23(34-4)24(15-19)35-5/h6-9,14-15,17,25,31H,10-13,16H2,1-5H3. The van der Waals surface area contributed by atoms with Gasteiger partial charge in [-0.2, -0.15) is 0 Å². The molecule has 194 valence electrons. The Labute approximate surface area is 210 Å². The van der Waals surface area contributed by atoms with Crippen molar-refractivity contribution in [2.75, 3.05) is 27.3 Å². The van der Waals surface area contributed by atoms with E-state index in [1.807, 2.05) is 39.0 Å². The number of likely N-dealkylation sites (tertiary alicyclic amines) is 1. The molecule has 1 amide bonds. The van der Waals surface area contributed by atoms with Gasteiger partial charge in [-0.1, -0.05) is 6.07 Å². The van der Waals surface area contributed by atoms with E-state index < -0.39 is 12.0 Å². The lowest BCUT2D eigenvalue weighted by Crippen LogP contribution is -2.41. The topological polar surface area (TPSA) is 63.8 Å². The fourth-order valence-electron chi connectivity index (χ4n) is 4.85. The zero-order valence-corrected chi connectivity index (χ0v) is 21.5. The normalized spacial score (nSPS) is 14.9. The second-order valence-electron chi connectivity index (χ2n) is 10.2. The van der Waals surface area contributed by atoms with Crippen LogP contribution >= 0.6 is 0 Å². The van der Waals surface area contributed by atoms with E-state index in [0.29, 0.717) is 35.8 Å². The van der Waals surface area contributed by atoms with Crippen LogP contribution in [0.25, 0.3) is 22.2 Å². The van der Waals surface area contributed by atoms with Crippen LogP contribution in [-0.4, -0.2) is 55.3 Å². The summed E-state index contributed by atoms with van der Waals surface area (Å²) in [6, 6.07) is 11.5. The van der Waals surface area contributed by atoms with Gasteiger partial charge in [0.2, 0.25) is 6.43 Å². The molecule has 8 heteroatoms. The number of H-pyrrole nitrogens is 1. The first-order chi connectivity index (χ1) is 17.1. The van der Waals surface area contributed by atoms with Crippen molar-refractivity contribution in [1.29, 1.82) is 0 Å². The number of carbonyl (C=O) groups excluding carboxylic acids is 1. The molecule has 0 radical (unpaired) electrons. The molecule has 1 aliphatic heterocycles. The number of hydrogen-bond donors (Lipinski definition) is 1. The number of nitrogens with zero attached hydrogens (tertiary/aromatic N) is 1. The lowest BCUT2D eigenvalue weighted by molar-refractivity contribution is 0.0205. The van der Waals surface area contributed by atoms with E-state index in [0.717, 1.165) is 34.9 Å². The lowest BCUT2D eigenvalue weighted by Gasteiger charge is -2.33. The molecule has 36 heavy (non-hydrogen) atoms. The van der Waals surface area contributed by atoms with Crippen LogP contribution in [0.2, 0.25) is 0 Å². The molecule has 3 aromatic rings. The SMILES string of the molecule is COc1ccc(-c2[nH]c3ccc(C4CCN(C(=O)OC(C)(C)C)CC4)cc3c2CC(F)F)cc1OC. The minimum atomic E-state index is -2.48. The molecule has 2 aromatic carbocycles. The summed E-state index contributed by atoms with van der Waals surface area (Å²) in [4.78, 5) is 17.5. The molecule has 1 aromatic heterocycles. The predicted molar refractivity (Wildman–Crippen MR) is 136 cm³/mol. The van der Waals surface area contributed by atoms with Gasteiger partial charge in [-0.3, -0.25) is 0 Å². The number of carbonyl (C=O) groups is 1. The fraction of sp³-hybridized carbons (Fsp3) is 0.464. The zero-order chi connectivity index (χ0) is 26.0. The van der Waals surface area contributed by atoms with Gasteiger partial charge in [0.25, 0.3) is 0 Å². The maximum absolute atomic E-state index is 13.7. The summed E-state index contributed by atoms with van der Waals surface area (Å²) in [7, 11) is 3.11. The first-order valence-corrected chi connectivity index (χ1v) is 12.2. The molecule has 0 unspecified atom stereocenters. The van der Waals surface area contributed by atoms with E-state index in [1.54, 1.807) is 31.3 Å². The number of piperidine rings is 1. The number of methoxy groups -OCH3 is 2. The Kier molecular flexibility index (Phi) is 7.43. The molecular weight excluding hydrogens is 466 g/mol. The van der Waals surface area contributed by atoms with Crippen LogP contribution < -0.4 is 9.47 Å². The highest BCUT2D eigenvalue weighted by molar-refractivity contribution is 5.91. The van der Waals surface area contributed by atoms with E-state index in [1.165, 1.54) is 0 Å². The van der Waals surface area contributed by atoms with Gasteiger partial charge in [-0.25, -0.2) is 13.6 Å². The molecule has 1 N–H and O–H groups in total. The summed E-state index contributed by atoms with van der Waals surface area (Å²) in [5.74, 6) is 1.36. The van der Waals surface area contributed by atoms with Crippen LogP contribution in [0.1, 0.15) is 50.7 Å². The lowest BCUT2D eigenvalue weighted by atomic mass is 9.88. The highest BCUT2D eigenvalue weighted by atomic mass is 19.3. The number of benzene rings is 2. The number of ether oxygens (including phenoxy) is 3.